The van der Waals surface area contributed by atoms with E-state index in [0.29, 0.717) is 12.8 Å². The maximum Gasteiger partial charge on any atom is 0.193 e. The fraction of sp³-hybridized carbons (Fsp3) is 0.233. The van der Waals surface area contributed by atoms with Gasteiger partial charge in [0.25, 0.3) is 0 Å². The summed E-state index contributed by atoms with van der Waals surface area (Å²) >= 11 is 0. The van der Waals surface area contributed by atoms with Crippen LogP contribution in [0.4, 0.5) is 0 Å². The SMILES string of the molecule is N#CC1(C#N)Cc2cc3c(cc2CC1(C#N)C#N)CC1(C3)c2ccccc2C(=O)c2ccccc21. The highest BCUT2D eigenvalue weighted by atomic mass is 16.1. The van der Waals surface area contributed by atoms with Gasteiger partial charge in [-0.05, 0) is 46.2 Å². The van der Waals surface area contributed by atoms with Crippen molar-refractivity contribution in [3.63, 3.8) is 0 Å². The number of fused-ring (bicyclic) bond motifs is 6. The third-order valence-corrected chi connectivity index (χ3v) is 8.28. The molecule has 3 aromatic carbocycles. The van der Waals surface area contributed by atoms with Crippen molar-refractivity contribution in [2.24, 2.45) is 10.8 Å². The maximum absolute atomic E-state index is 13.3. The summed E-state index contributed by atoms with van der Waals surface area (Å²) in [6, 6.07) is 27.8. The van der Waals surface area contributed by atoms with Gasteiger partial charge in [-0.1, -0.05) is 60.7 Å². The molecule has 5 heteroatoms. The summed E-state index contributed by atoms with van der Waals surface area (Å²) in [5.41, 5.74) is 3.59. The summed E-state index contributed by atoms with van der Waals surface area (Å²) in [5.74, 6) is 0.0396. The largest absolute Gasteiger partial charge is 0.289 e. The molecule has 0 fully saturated rings. The first-order valence-corrected chi connectivity index (χ1v) is 11.5. The number of nitriles is 4. The standard InChI is InChI=1S/C30H18N4O/c31-15-28(16-32)11-19-9-21-13-30(14-22(21)10-20(19)12-29(28,17-33)18-34)25-7-3-1-5-23(25)27(35)24-6-2-4-8-26(24)30/h1-10H,11-14H2. The minimum Gasteiger partial charge on any atom is -0.289 e. The van der Waals surface area contributed by atoms with Gasteiger partial charge >= 0.3 is 0 Å². The summed E-state index contributed by atoms with van der Waals surface area (Å²) in [4.78, 5) is 13.3. The van der Waals surface area contributed by atoms with Gasteiger partial charge in [-0.2, -0.15) is 21.0 Å². The van der Waals surface area contributed by atoms with Crippen molar-refractivity contribution in [1.29, 1.82) is 21.0 Å². The van der Waals surface area contributed by atoms with Gasteiger partial charge in [0.2, 0.25) is 0 Å². The van der Waals surface area contributed by atoms with E-state index in [-0.39, 0.29) is 18.6 Å². The highest BCUT2D eigenvalue weighted by molar-refractivity contribution is 6.13. The molecular weight excluding hydrogens is 432 g/mol. The predicted molar refractivity (Wildman–Crippen MR) is 126 cm³/mol. The molecule has 0 saturated carbocycles. The van der Waals surface area contributed by atoms with Crippen LogP contribution in [0.25, 0.3) is 0 Å². The lowest BCUT2D eigenvalue weighted by atomic mass is 9.57. The molecule has 35 heavy (non-hydrogen) atoms. The first-order chi connectivity index (χ1) is 17.0. The topological polar surface area (TPSA) is 112 Å². The molecule has 3 aliphatic rings. The Labute approximate surface area is 203 Å². The number of ketones is 1. The van der Waals surface area contributed by atoms with Gasteiger partial charge in [-0.3, -0.25) is 4.79 Å². The van der Waals surface area contributed by atoms with E-state index in [1.165, 1.54) is 0 Å². The summed E-state index contributed by atoms with van der Waals surface area (Å²) in [7, 11) is 0. The molecule has 164 valence electrons. The van der Waals surface area contributed by atoms with Crippen LogP contribution in [0.3, 0.4) is 0 Å². The Kier molecular flexibility index (Phi) is 4.11. The van der Waals surface area contributed by atoms with Gasteiger partial charge in [0.05, 0.1) is 24.3 Å². The Morgan fingerprint density at radius 2 is 0.943 bits per heavy atom. The third kappa shape index (κ3) is 2.45. The minimum atomic E-state index is -1.72. The average molecular weight is 451 g/mol. The molecule has 0 bridgehead atoms. The van der Waals surface area contributed by atoms with Crippen LogP contribution in [0, 0.1) is 56.2 Å². The van der Waals surface area contributed by atoms with E-state index in [2.05, 4.69) is 12.1 Å². The smallest absolute Gasteiger partial charge is 0.193 e. The number of carbonyl (C=O) groups excluding carboxylic acids is 1. The second-order valence-electron chi connectivity index (χ2n) is 9.86. The molecule has 0 amide bonds. The van der Waals surface area contributed by atoms with Crippen LogP contribution in [-0.2, 0) is 31.1 Å². The summed E-state index contributed by atoms with van der Waals surface area (Å²) < 4.78 is 0. The number of nitrogens with zero attached hydrogens (tertiary/aromatic N) is 4. The van der Waals surface area contributed by atoms with Crippen LogP contribution in [0.5, 0.6) is 0 Å². The van der Waals surface area contributed by atoms with Gasteiger partial charge in [0, 0.05) is 29.4 Å². The molecule has 5 nitrogen and oxygen atoms in total. The number of carbonyl (C=O) groups is 1. The molecule has 0 atom stereocenters. The highest BCUT2D eigenvalue weighted by Gasteiger charge is 2.58. The highest BCUT2D eigenvalue weighted by Crippen LogP contribution is 2.53. The monoisotopic (exact) mass is 450 g/mol. The van der Waals surface area contributed by atoms with Crippen molar-refractivity contribution in [2.45, 2.75) is 31.1 Å². The third-order valence-electron chi connectivity index (χ3n) is 8.28. The number of hydrogen-bond acceptors (Lipinski definition) is 5. The van der Waals surface area contributed by atoms with Gasteiger partial charge in [0.1, 0.15) is 0 Å². The van der Waals surface area contributed by atoms with Gasteiger partial charge in [0.15, 0.2) is 16.6 Å². The average Bonchev–Trinajstić information content (AvgIpc) is 3.28. The zero-order valence-electron chi connectivity index (χ0n) is 18.8. The second-order valence-corrected chi connectivity index (χ2v) is 9.86. The molecule has 0 saturated heterocycles. The molecule has 0 aliphatic heterocycles. The molecule has 0 heterocycles. The summed E-state index contributed by atoms with van der Waals surface area (Å²) in [5, 5.41) is 39.6. The lowest BCUT2D eigenvalue weighted by molar-refractivity contribution is 0.103. The number of rotatable bonds is 0. The first-order valence-electron chi connectivity index (χ1n) is 11.5. The van der Waals surface area contributed by atoms with Crippen molar-refractivity contribution in [1.82, 2.24) is 0 Å². The second kappa shape index (κ2) is 6.90. The van der Waals surface area contributed by atoms with Crippen LogP contribution in [-0.4, -0.2) is 5.78 Å². The van der Waals surface area contributed by atoms with Crippen LogP contribution in [0.1, 0.15) is 49.3 Å². The molecule has 0 aromatic heterocycles. The van der Waals surface area contributed by atoms with Gasteiger partial charge in [-0.25, -0.2) is 0 Å². The Balaban J connectivity index is 1.54. The van der Waals surface area contributed by atoms with Gasteiger partial charge in [-0.15, -0.1) is 0 Å². The number of benzene rings is 3. The van der Waals surface area contributed by atoms with E-state index >= 15 is 0 Å². The van der Waals surface area contributed by atoms with E-state index in [4.69, 9.17) is 0 Å². The zero-order chi connectivity index (χ0) is 24.4. The van der Waals surface area contributed by atoms with Crippen molar-refractivity contribution < 1.29 is 4.79 Å². The van der Waals surface area contributed by atoms with Crippen LogP contribution < -0.4 is 0 Å². The van der Waals surface area contributed by atoms with E-state index in [1.807, 2.05) is 72.8 Å². The van der Waals surface area contributed by atoms with Crippen LogP contribution in [0.2, 0.25) is 0 Å². The van der Waals surface area contributed by atoms with Crippen molar-refractivity contribution in [3.05, 3.63) is 105 Å². The molecule has 6 rings (SSSR count). The van der Waals surface area contributed by atoms with E-state index < -0.39 is 16.2 Å². The Morgan fingerprint density at radius 1 is 0.571 bits per heavy atom. The molecule has 1 spiro atoms. The summed E-state index contributed by atoms with van der Waals surface area (Å²) in [6.45, 7) is 0. The fourth-order valence-electron chi connectivity index (χ4n) is 6.49. The fourth-order valence-corrected chi connectivity index (χ4v) is 6.49. The maximum atomic E-state index is 13.3. The van der Waals surface area contributed by atoms with E-state index in [9.17, 15) is 25.8 Å². The zero-order valence-corrected chi connectivity index (χ0v) is 18.8. The molecule has 0 radical (unpaired) electrons. The predicted octanol–water partition coefficient (Wildman–Crippen LogP) is 4.48. The Morgan fingerprint density at radius 3 is 1.34 bits per heavy atom. The lowest BCUT2D eigenvalue weighted by Gasteiger charge is -2.37. The van der Waals surface area contributed by atoms with Crippen LogP contribution >= 0.6 is 0 Å². The minimum absolute atomic E-state index is 0.0396. The molecule has 0 N–H and O–H groups in total. The Hall–Kier alpha value is -4.71. The van der Waals surface area contributed by atoms with Crippen molar-refractivity contribution in [2.75, 3.05) is 0 Å². The van der Waals surface area contributed by atoms with Gasteiger partial charge < -0.3 is 0 Å². The number of hydrogen-bond donors (Lipinski definition) is 0. The Bertz CT molecular complexity index is 1490. The van der Waals surface area contributed by atoms with E-state index in [0.717, 1.165) is 44.5 Å². The molecule has 3 aromatic rings. The van der Waals surface area contributed by atoms with Crippen LogP contribution in [0.15, 0.2) is 60.7 Å². The normalized spacial score (nSPS) is 19.0. The van der Waals surface area contributed by atoms with Crippen molar-refractivity contribution in [3.8, 4) is 24.3 Å². The molecular formula is C30H18N4O. The molecule has 0 unspecified atom stereocenters. The first kappa shape index (κ1) is 20.9. The quantitative estimate of drug-likeness (QED) is 0.501. The lowest BCUT2D eigenvalue weighted by Crippen LogP contribution is -2.45. The molecule has 3 aliphatic carbocycles. The van der Waals surface area contributed by atoms with Crippen molar-refractivity contribution >= 4 is 5.78 Å². The van der Waals surface area contributed by atoms with E-state index in [1.54, 1.807) is 0 Å². The summed E-state index contributed by atoms with van der Waals surface area (Å²) in [6.07, 6.45) is 1.49.